The Morgan fingerprint density at radius 1 is 1.52 bits per heavy atom. The van der Waals surface area contributed by atoms with Crippen molar-refractivity contribution < 1.29 is 9.53 Å². The lowest BCUT2D eigenvalue weighted by atomic mass is 10.2. The molecule has 0 aliphatic carbocycles. The largest absolute Gasteiger partial charge is 0.366 e. The molecule has 2 N–H and O–H groups in total. The normalized spacial score (nSPS) is 18.5. The van der Waals surface area contributed by atoms with Crippen molar-refractivity contribution in [2.75, 3.05) is 29.9 Å². The van der Waals surface area contributed by atoms with Crippen LogP contribution in [0.3, 0.4) is 0 Å². The number of rotatable bonds is 3. The first-order valence-electron chi connectivity index (χ1n) is 6.65. The number of halogens is 1. The van der Waals surface area contributed by atoms with Crippen LogP contribution >= 0.6 is 11.6 Å². The molecule has 0 bridgehead atoms. The fraction of sp³-hybridized carbons (Fsp3) is 0.286. The van der Waals surface area contributed by atoms with Crippen molar-refractivity contribution in [1.82, 2.24) is 9.97 Å². The minimum absolute atomic E-state index is 0.211. The molecule has 1 amide bonds. The fourth-order valence-corrected chi connectivity index (χ4v) is 2.43. The molecule has 3 rings (SSSR count). The Hall–Kier alpha value is -2.05. The van der Waals surface area contributed by atoms with Crippen LogP contribution < -0.4 is 10.2 Å². The first-order valence-corrected chi connectivity index (χ1v) is 7.02. The average molecular weight is 307 g/mol. The molecule has 2 aromatic rings. The monoisotopic (exact) mass is 306 g/mol. The van der Waals surface area contributed by atoms with Gasteiger partial charge in [-0.05, 0) is 18.2 Å². The number of hydrogen-bond acceptors (Lipinski definition) is 4. The molecule has 1 aromatic heterocycles. The first-order chi connectivity index (χ1) is 10.2. The maximum atomic E-state index is 12.2. The lowest BCUT2D eigenvalue weighted by Gasteiger charge is -2.33. The molecule has 0 spiro atoms. The van der Waals surface area contributed by atoms with Gasteiger partial charge in [-0.3, -0.25) is 10.1 Å². The second-order valence-electron chi connectivity index (χ2n) is 4.71. The Kier molecular flexibility index (Phi) is 4.08. The van der Waals surface area contributed by atoms with E-state index >= 15 is 0 Å². The quantitative estimate of drug-likeness (QED) is 0.909. The zero-order valence-corrected chi connectivity index (χ0v) is 12.0. The predicted molar refractivity (Wildman–Crippen MR) is 80.6 cm³/mol. The number of nitrogens with one attached hydrogen (secondary N) is 2. The highest BCUT2D eigenvalue weighted by Gasteiger charge is 2.27. The number of hydrogen-bond donors (Lipinski definition) is 2. The molecule has 21 heavy (non-hydrogen) atoms. The maximum Gasteiger partial charge on any atom is 0.257 e. The van der Waals surface area contributed by atoms with Gasteiger partial charge in [0.1, 0.15) is 0 Å². The highest BCUT2D eigenvalue weighted by molar-refractivity contribution is 6.30. The summed E-state index contributed by atoms with van der Waals surface area (Å²) in [7, 11) is 0. The molecule has 1 fully saturated rings. The summed E-state index contributed by atoms with van der Waals surface area (Å²) in [6.45, 7) is 1.69. The summed E-state index contributed by atoms with van der Waals surface area (Å²) in [6.07, 6.45) is 2.69. The summed E-state index contributed by atoms with van der Waals surface area (Å²) >= 11 is 6.01. The van der Waals surface area contributed by atoms with Crippen molar-refractivity contribution in [3.63, 3.8) is 0 Å². The Morgan fingerprint density at radius 2 is 2.43 bits per heavy atom. The molecule has 0 radical (unpaired) electrons. The number of nitrogens with zero attached hydrogens (tertiary/aromatic N) is 2. The number of amides is 1. The highest BCUT2D eigenvalue weighted by Crippen LogP contribution is 2.21. The van der Waals surface area contributed by atoms with Crippen LogP contribution in [0, 0.1) is 0 Å². The van der Waals surface area contributed by atoms with Crippen molar-refractivity contribution in [2.45, 2.75) is 6.10 Å². The van der Waals surface area contributed by atoms with Crippen LogP contribution in [-0.2, 0) is 9.53 Å². The van der Waals surface area contributed by atoms with Crippen LogP contribution in [0.1, 0.15) is 0 Å². The lowest BCUT2D eigenvalue weighted by molar-refractivity contribution is -0.128. The van der Waals surface area contributed by atoms with Crippen LogP contribution in [0.25, 0.3) is 0 Å². The molecule has 7 heteroatoms. The summed E-state index contributed by atoms with van der Waals surface area (Å²) in [6, 6.07) is 7.57. The van der Waals surface area contributed by atoms with E-state index in [4.69, 9.17) is 16.3 Å². The van der Waals surface area contributed by atoms with E-state index in [0.29, 0.717) is 24.1 Å². The van der Waals surface area contributed by atoms with Gasteiger partial charge in [0.15, 0.2) is 6.10 Å². The minimum atomic E-state index is -0.539. The van der Waals surface area contributed by atoms with Gasteiger partial charge in [-0.1, -0.05) is 17.7 Å². The molecule has 1 saturated heterocycles. The summed E-state index contributed by atoms with van der Waals surface area (Å²) in [5, 5.41) is 3.37. The maximum absolute atomic E-state index is 12.2. The Bertz CT molecular complexity index is 617. The van der Waals surface area contributed by atoms with Crippen LogP contribution in [0.15, 0.2) is 36.7 Å². The van der Waals surface area contributed by atoms with Crippen molar-refractivity contribution in [2.24, 2.45) is 0 Å². The van der Waals surface area contributed by atoms with E-state index in [1.54, 1.807) is 12.4 Å². The molecule has 1 atom stereocenters. The molecule has 0 saturated carbocycles. The van der Waals surface area contributed by atoms with Gasteiger partial charge in [0.05, 0.1) is 13.2 Å². The second-order valence-corrected chi connectivity index (χ2v) is 5.15. The van der Waals surface area contributed by atoms with Crippen LogP contribution in [-0.4, -0.2) is 41.7 Å². The number of anilines is 2. The van der Waals surface area contributed by atoms with E-state index in [2.05, 4.69) is 20.2 Å². The van der Waals surface area contributed by atoms with Crippen molar-refractivity contribution in [3.05, 3.63) is 41.7 Å². The van der Waals surface area contributed by atoms with Crippen molar-refractivity contribution in [3.8, 4) is 0 Å². The number of ether oxygens (including phenoxy) is 1. The van der Waals surface area contributed by atoms with Gasteiger partial charge in [-0.2, -0.15) is 0 Å². The molecule has 1 aliphatic rings. The van der Waals surface area contributed by atoms with E-state index in [1.165, 1.54) is 0 Å². The number of aromatic nitrogens is 2. The second kappa shape index (κ2) is 6.15. The van der Waals surface area contributed by atoms with Gasteiger partial charge in [-0.25, -0.2) is 4.98 Å². The van der Waals surface area contributed by atoms with Crippen LogP contribution in [0.4, 0.5) is 11.6 Å². The van der Waals surface area contributed by atoms with Gasteiger partial charge in [0.2, 0.25) is 5.95 Å². The molecule has 1 aliphatic heterocycles. The van der Waals surface area contributed by atoms with E-state index in [-0.39, 0.29) is 5.91 Å². The number of carbonyl (C=O) groups is 1. The highest BCUT2D eigenvalue weighted by atomic mass is 35.5. The Morgan fingerprint density at radius 3 is 3.19 bits per heavy atom. The molecule has 110 valence electrons. The molecule has 1 unspecified atom stereocenters. The van der Waals surface area contributed by atoms with Gasteiger partial charge in [0, 0.05) is 29.6 Å². The smallest absolute Gasteiger partial charge is 0.257 e. The summed E-state index contributed by atoms with van der Waals surface area (Å²) in [4.78, 5) is 21.0. The minimum Gasteiger partial charge on any atom is -0.366 e. The summed E-state index contributed by atoms with van der Waals surface area (Å²) < 4.78 is 5.54. The first kappa shape index (κ1) is 13.9. The zero-order valence-electron chi connectivity index (χ0n) is 11.3. The third kappa shape index (κ3) is 3.34. The number of morpholine rings is 1. The van der Waals surface area contributed by atoms with Crippen molar-refractivity contribution >= 4 is 29.1 Å². The predicted octanol–water partition coefficient (Wildman–Crippen LogP) is 1.91. The standard InChI is InChI=1S/C14H15ClN4O2/c15-10-2-1-3-11(8-10)19-6-7-21-12(9-19)13(20)18-14-16-4-5-17-14/h1-5,8,12H,6-7,9H2,(H2,16,17,18,20). The van der Waals surface area contributed by atoms with Gasteiger partial charge in [-0.15, -0.1) is 0 Å². The SMILES string of the molecule is O=C(Nc1ncc[nH]1)C1CN(c2cccc(Cl)c2)CCO1. The molecule has 1 aromatic carbocycles. The third-order valence-electron chi connectivity index (χ3n) is 3.27. The van der Waals surface area contributed by atoms with Gasteiger partial charge in [0.25, 0.3) is 5.91 Å². The van der Waals surface area contributed by atoms with E-state index in [0.717, 1.165) is 12.2 Å². The summed E-state index contributed by atoms with van der Waals surface area (Å²) in [5.74, 6) is 0.208. The van der Waals surface area contributed by atoms with Gasteiger partial charge >= 0.3 is 0 Å². The Balaban J connectivity index is 1.66. The fourth-order valence-electron chi connectivity index (χ4n) is 2.25. The van der Waals surface area contributed by atoms with E-state index < -0.39 is 6.10 Å². The molecular formula is C14H15ClN4O2. The van der Waals surface area contributed by atoms with Crippen LogP contribution in [0.5, 0.6) is 0 Å². The number of benzene rings is 1. The number of H-pyrrole nitrogens is 1. The Labute approximate surface area is 127 Å². The zero-order chi connectivity index (χ0) is 14.7. The average Bonchev–Trinajstić information content (AvgIpc) is 3.00. The molecule has 2 heterocycles. The van der Waals surface area contributed by atoms with Crippen molar-refractivity contribution in [1.29, 1.82) is 0 Å². The summed E-state index contributed by atoms with van der Waals surface area (Å²) in [5.41, 5.74) is 0.988. The molecule has 6 nitrogen and oxygen atoms in total. The topological polar surface area (TPSA) is 70.2 Å². The van der Waals surface area contributed by atoms with Gasteiger partial charge < -0.3 is 14.6 Å². The van der Waals surface area contributed by atoms with E-state index in [9.17, 15) is 4.79 Å². The lowest BCUT2D eigenvalue weighted by Crippen LogP contribution is -2.48. The number of imidazole rings is 1. The van der Waals surface area contributed by atoms with E-state index in [1.807, 2.05) is 24.3 Å². The van der Waals surface area contributed by atoms with Crippen LogP contribution in [0.2, 0.25) is 5.02 Å². The number of aromatic amines is 1. The molecular weight excluding hydrogens is 292 g/mol. The number of carbonyl (C=O) groups excluding carboxylic acids is 1. The third-order valence-corrected chi connectivity index (χ3v) is 3.51.